The number of methoxy groups -OCH3 is 1. The fraction of sp³-hybridized carbons (Fsp3) is 0.647. The first kappa shape index (κ1) is 17.3. The predicted octanol–water partition coefficient (Wildman–Crippen LogP) is 5.07. The molecule has 0 aliphatic rings. The maximum Gasteiger partial charge on any atom is 0.120 e. The van der Waals surface area contributed by atoms with Gasteiger partial charge in [0.2, 0.25) is 0 Å². The van der Waals surface area contributed by atoms with Crippen molar-refractivity contribution < 1.29 is 4.74 Å². The number of halogens is 1. The van der Waals surface area contributed by atoms with E-state index >= 15 is 0 Å². The molecule has 0 bridgehead atoms. The highest BCUT2D eigenvalue weighted by atomic mass is 35.5. The molecule has 0 amide bonds. The monoisotopic (exact) mass is 297 g/mol. The van der Waals surface area contributed by atoms with Crippen LogP contribution in [-0.4, -0.2) is 14.2 Å². The van der Waals surface area contributed by atoms with E-state index in [1.165, 1.54) is 6.42 Å². The van der Waals surface area contributed by atoms with Gasteiger partial charge >= 0.3 is 0 Å². The molecular formula is C17H28ClNO. The van der Waals surface area contributed by atoms with Gasteiger partial charge in [-0.15, -0.1) is 0 Å². The lowest BCUT2D eigenvalue weighted by atomic mass is 9.82. The van der Waals surface area contributed by atoms with Gasteiger partial charge in [-0.2, -0.15) is 0 Å². The first-order valence-electron chi connectivity index (χ1n) is 7.27. The minimum atomic E-state index is 0.283. The average Bonchev–Trinajstić information content (AvgIpc) is 2.34. The van der Waals surface area contributed by atoms with E-state index in [1.54, 1.807) is 7.11 Å². The van der Waals surface area contributed by atoms with E-state index in [2.05, 4.69) is 39.1 Å². The number of hydrogen-bond donors (Lipinski definition) is 1. The van der Waals surface area contributed by atoms with Gasteiger partial charge in [-0.1, -0.05) is 45.4 Å². The topological polar surface area (TPSA) is 21.3 Å². The summed E-state index contributed by atoms with van der Waals surface area (Å²) >= 11 is 6.38. The summed E-state index contributed by atoms with van der Waals surface area (Å²) in [6, 6.07) is 6.20. The van der Waals surface area contributed by atoms with Crippen molar-refractivity contribution in [2.24, 2.45) is 11.3 Å². The zero-order valence-electron chi connectivity index (χ0n) is 13.6. The zero-order chi connectivity index (χ0) is 15.3. The van der Waals surface area contributed by atoms with Crippen LogP contribution in [0.2, 0.25) is 5.02 Å². The van der Waals surface area contributed by atoms with Gasteiger partial charge in [-0.05, 0) is 48.9 Å². The Kier molecular flexibility index (Phi) is 6.35. The minimum Gasteiger partial charge on any atom is -0.497 e. The Morgan fingerprint density at radius 2 is 1.95 bits per heavy atom. The second-order valence-electron chi connectivity index (χ2n) is 6.83. The van der Waals surface area contributed by atoms with Gasteiger partial charge in [0.25, 0.3) is 0 Å². The lowest BCUT2D eigenvalue weighted by Gasteiger charge is -2.27. The van der Waals surface area contributed by atoms with Gasteiger partial charge in [0.05, 0.1) is 7.11 Å². The Bertz CT molecular complexity index is 425. The Labute approximate surface area is 128 Å². The smallest absolute Gasteiger partial charge is 0.120 e. The highest BCUT2D eigenvalue weighted by Crippen LogP contribution is 2.34. The second-order valence-corrected chi connectivity index (χ2v) is 7.24. The van der Waals surface area contributed by atoms with Gasteiger partial charge in [0.1, 0.15) is 5.75 Å². The molecule has 0 radical (unpaired) electrons. The van der Waals surface area contributed by atoms with Gasteiger partial charge in [-0.3, -0.25) is 0 Å². The molecule has 0 aliphatic carbocycles. The normalized spacial score (nSPS) is 14.9. The highest BCUT2D eigenvalue weighted by molar-refractivity contribution is 6.31. The van der Waals surface area contributed by atoms with Crippen LogP contribution in [0, 0.1) is 11.3 Å². The fourth-order valence-electron chi connectivity index (χ4n) is 2.85. The third kappa shape index (κ3) is 5.34. The molecule has 114 valence electrons. The maximum atomic E-state index is 6.38. The first-order valence-corrected chi connectivity index (χ1v) is 7.65. The number of ether oxygens (including phenoxy) is 1. The van der Waals surface area contributed by atoms with Gasteiger partial charge < -0.3 is 10.1 Å². The molecule has 0 aromatic heterocycles. The molecule has 1 rings (SSSR count). The van der Waals surface area contributed by atoms with E-state index in [0.717, 1.165) is 22.8 Å². The standard InChI is InChI=1S/C17H28ClNO/c1-12(11-17(2,3)4)9-16(19-5)14-8-7-13(20-6)10-15(14)18/h7-8,10,12,16,19H,9,11H2,1-6H3. The van der Waals surface area contributed by atoms with Crippen molar-refractivity contribution in [3.8, 4) is 5.75 Å². The Balaban J connectivity index is 2.80. The number of benzene rings is 1. The Morgan fingerprint density at radius 3 is 2.40 bits per heavy atom. The quantitative estimate of drug-likeness (QED) is 0.791. The first-order chi connectivity index (χ1) is 9.26. The van der Waals surface area contributed by atoms with Crippen molar-refractivity contribution in [1.82, 2.24) is 5.32 Å². The van der Waals surface area contributed by atoms with Crippen LogP contribution in [0.3, 0.4) is 0 Å². The molecule has 0 spiro atoms. The number of nitrogens with one attached hydrogen (secondary N) is 1. The SMILES string of the molecule is CNC(CC(C)CC(C)(C)C)c1ccc(OC)cc1Cl. The molecule has 0 fully saturated rings. The largest absolute Gasteiger partial charge is 0.497 e. The number of rotatable bonds is 6. The van der Waals surface area contributed by atoms with E-state index in [4.69, 9.17) is 16.3 Å². The van der Waals surface area contributed by atoms with Crippen LogP contribution >= 0.6 is 11.6 Å². The lowest BCUT2D eigenvalue weighted by Crippen LogP contribution is -2.21. The zero-order valence-corrected chi connectivity index (χ0v) is 14.3. The average molecular weight is 298 g/mol. The Hall–Kier alpha value is -0.730. The summed E-state index contributed by atoms with van der Waals surface area (Å²) in [5.74, 6) is 1.45. The van der Waals surface area contributed by atoms with Gasteiger partial charge in [-0.25, -0.2) is 0 Å². The summed E-state index contributed by atoms with van der Waals surface area (Å²) in [5, 5.41) is 4.16. The van der Waals surface area contributed by atoms with Gasteiger partial charge in [0, 0.05) is 11.1 Å². The van der Waals surface area contributed by atoms with Crippen LogP contribution in [0.4, 0.5) is 0 Å². The molecular weight excluding hydrogens is 270 g/mol. The molecule has 0 aliphatic heterocycles. The van der Waals surface area contributed by atoms with Crippen LogP contribution in [0.5, 0.6) is 5.75 Å². The van der Waals surface area contributed by atoms with Crippen molar-refractivity contribution >= 4 is 11.6 Å². The molecule has 0 saturated heterocycles. The van der Waals surface area contributed by atoms with Crippen molar-refractivity contribution in [2.45, 2.75) is 46.6 Å². The summed E-state index contributed by atoms with van der Waals surface area (Å²) in [6.07, 6.45) is 2.29. The van der Waals surface area contributed by atoms with Crippen LogP contribution in [0.1, 0.15) is 52.1 Å². The highest BCUT2D eigenvalue weighted by Gasteiger charge is 2.20. The molecule has 1 aromatic rings. The Morgan fingerprint density at radius 1 is 1.30 bits per heavy atom. The van der Waals surface area contributed by atoms with E-state index in [0.29, 0.717) is 11.3 Å². The van der Waals surface area contributed by atoms with Crippen molar-refractivity contribution in [3.05, 3.63) is 28.8 Å². The van der Waals surface area contributed by atoms with Crippen LogP contribution < -0.4 is 10.1 Å². The molecule has 0 heterocycles. The maximum absolute atomic E-state index is 6.38. The molecule has 2 unspecified atom stereocenters. The third-order valence-corrected chi connectivity index (χ3v) is 3.86. The van der Waals surface area contributed by atoms with Gasteiger partial charge in [0.15, 0.2) is 0 Å². The van der Waals surface area contributed by atoms with E-state index in [9.17, 15) is 0 Å². The van der Waals surface area contributed by atoms with Crippen molar-refractivity contribution in [1.29, 1.82) is 0 Å². The molecule has 20 heavy (non-hydrogen) atoms. The summed E-state index contributed by atoms with van der Waals surface area (Å²) in [6.45, 7) is 9.18. The van der Waals surface area contributed by atoms with E-state index in [1.807, 2.05) is 19.2 Å². The van der Waals surface area contributed by atoms with E-state index in [-0.39, 0.29) is 6.04 Å². The molecule has 1 aromatic carbocycles. The lowest BCUT2D eigenvalue weighted by molar-refractivity contribution is 0.279. The molecule has 2 nitrogen and oxygen atoms in total. The molecule has 2 atom stereocenters. The fourth-order valence-corrected chi connectivity index (χ4v) is 3.15. The summed E-state index contributed by atoms with van der Waals surface area (Å²) in [4.78, 5) is 0. The van der Waals surface area contributed by atoms with Crippen molar-refractivity contribution in [2.75, 3.05) is 14.2 Å². The summed E-state index contributed by atoms with van der Waals surface area (Å²) in [5.41, 5.74) is 1.51. The van der Waals surface area contributed by atoms with E-state index < -0.39 is 0 Å². The minimum absolute atomic E-state index is 0.283. The third-order valence-electron chi connectivity index (χ3n) is 3.53. The molecule has 3 heteroatoms. The summed E-state index contributed by atoms with van der Waals surface area (Å²) < 4.78 is 5.21. The van der Waals surface area contributed by atoms with Crippen LogP contribution in [-0.2, 0) is 0 Å². The van der Waals surface area contributed by atoms with Crippen molar-refractivity contribution in [3.63, 3.8) is 0 Å². The van der Waals surface area contributed by atoms with Crippen LogP contribution in [0.15, 0.2) is 18.2 Å². The van der Waals surface area contributed by atoms with Crippen LogP contribution in [0.25, 0.3) is 0 Å². The molecule has 1 N–H and O–H groups in total. The second kappa shape index (κ2) is 7.33. The predicted molar refractivity (Wildman–Crippen MR) is 87.7 cm³/mol. The molecule has 0 saturated carbocycles. The summed E-state index contributed by atoms with van der Waals surface area (Å²) in [7, 11) is 3.65. The number of hydrogen-bond acceptors (Lipinski definition) is 2.